The number of hydrogen-bond acceptors (Lipinski definition) is 4. The van der Waals surface area contributed by atoms with Crippen LogP contribution in [0, 0.1) is 11.8 Å². The molecule has 0 saturated carbocycles. The van der Waals surface area contributed by atoms with Crippen LogP contribution < -0.4 is 0 Å². The third-order valence-corrected chi connectivity index (χ3v) is 4.23. The molecule has 0 aromatic heterocycles. The van der Waals surface area contributed by atoms with Crippen LogP contribution in [0.2, 0.25) is 0 Å². The summed E-state index contributed by atoms with van der Waals surface area (Å²) < 4.78 is 4.94. The number of aliphatic carboxylic acids is 1. The van der Waals surface area contributed by atoms with Crippen molar-refractivity contribution in [2.75, 3.05) is 6.61 Å². The summed E-state index contributed by atoms with van der Waals surface area (Å²) >= 11 is 0. The average molecular weight is 324 g/mol. The van der Waals surface area contributed by atoms with Crippen molar-refractivity contribution in [2.24, 2.45) is 11.8 Å². The van der Waals surface area contributed by atoms with E-state index in [0.717, 1.165) is 18.4 Å². The fraction of sp³-hybridized carbons (Fsp3) is 0.667. The van der Waals surface area contributed by atoms with Gasteiger partial charge in [0.25, 0.3) is 0 Å². The molecule has 2 N–H and O–H groups in total. The van der Waals surface area contributed by atoms with Crippen molar-refractivity contribution in [2.45, 2.75) is 59.5 Å². The predicted molar refractivity (Wildman–Crippen MR) is 87.9 cm³/mol. The highest BCUT2D eigenvalue weighted by Gasteiger charge is 2.46. The number of hydrogen-bond donors (Lipinski definition) is 2. The molecule has 3 atom stereocenters. The zero-order chi connectivity index (χ0) is 17.6. The van der Waals surface area contributed by atoms with Crippen LogP contribution in [0.1, 0.15) is 53.4 Å². The monoisotopic (exact) mass is 324 g/mol. The normalized spacial score (nSPS) is 23.7. The van der Waals surface area contributed by atoms with E-state index in [4.69, 9.17) is 4.74 Å². The summed E-state index contributed by atoms with van der Waals surface area (Å²) in [6.07, 6.45) is 5.43. The number of ether oxygens (including phenoxy) is 1. The van der Waals surface area contributed by atoms with E-state index in [0.29, 0.717) is 11.5 Å². The van der Waals surface area contributed by atoms with Crippen molar-refractivity contribution < 1.29 is 24.5 Å². The second-order valence-corrected chi connectivity index (χ2v) is 6.49. The molecule has 0 aliphatic carbocycles. The van der Waals surface area contributed by atoms with E-state index in [2.05, 4.69) is 13.8 Å². The van der Waals surface area contributed by atoms with Crippen LogP contribution in [-0.4, -0.2) is 34.9 Å². The second-order valence-electron chi connectivity index (χ2n) is 6.49. The fourth-order valence-corrected chi connectivity index (χ4v) is 3.00. The van der Waals surface area contributed by atoms with Crippen LogP contribution in [0.25, 0.3) is 0 Å². The van der Waals surface area contributed by atoms with Gasteiger partial charge in [0, 0.05) is 0 Å². The maximum absolute atomic E-state index is 11.5. The highest BCUT2D eigenvalue weighted by Crippen LogP contribution is 2.31. The van der Waals surface area contributed by atoms with E-state index in [1.54, 1.807) is 6.92 Å². The van der Waals surface area contributed by atoms with Gasteiger partial charge in [-0.25, -0.2) is 4.79 Å². The number of carbonyl (C=O) groups excluding carboxylic acids is 1. The second kappa shape index (κ2) is 8.87. The highest BCUT2D eigenvalue weighted by atomic mass is 16.6. The third-order valence-electron chi connectivity index (χ3n) is 4.23. The van der Waals surface area contributed by atoms with Gasteiger partial charge >= 0.3 is 11.9 Å². The lowest BCUT2D eigenvalue weighted by molar-refractivity contribution is -0.183. The van der Waals surface area contributed by atoms with E-state index >= 15 is 0 Å². The molecule has 0 radical (unpaired) electrons. The zero-order valence-electron chi connectivity index (χ0n) is 14.5. The van der Waals surface area contributed by atoms with E-state index in [1.165, 1.54) is 12.8 Å². The number of carboxylic acids is 1. The average Bonchev–Trinajstić information content (AvgIpc) is 2.44. The van der Waals surface area contributed by atoms with Gasteiger partial charge in [-0.05, 0) is 31.8 Å². The maximum Gasteiger partial charge on any atom is 0.335 e. The van der Waals surface area contributed by atoms with Crippen molar-refractivity contribution in [3.8, 4) is 0 Å². The number of esters is 1. The molecule has 0 unspecified atom stereocenters. The van der Waals surface area contributed by atoms with Gasteiger partial charge in [0.15, 0.2) is 0 Å². The van der Waals surface area contributed by atoms with Crippen LogP contribution in [0.4, 0.5) is 0 Å². The molecule has 1 heterocycles. The van der Waals surface area contributed by atoms with Crippen LogP contribution in [0.15, 0.2) is 22.8 Å². The first kappa shape index (κ1) is 19.4. The summed E-state index contributed by atoms with van der Waals surface area (Å²) in [5.41, 5.74) is 1.74. The SMILES string of the molecule is CCCC[C@@H](C)C/C(C)=C/C(C)=C(/C(=O)O)[C@@H]1OC(=O)[C@@H]1CO. The smallest absolute Gasteiger partial charge is 0.335 e. The largest absolute Gasteiger partial charge is 0.478 e. The van der Waals surface area contributed by atoms with Gasteiger partial charge in [-0.1, -0.05) is 44.8 Å². The number of unbranched alkanes of at least 4 members (excludes halogenated alkanes) is 1. The van der Waals surface area contributed by atoms with Crippen molar-refractivity contribution in [3.63, 3.8) is 0 Å². The van der Waals surface area contributed by atoms with Crippen molar-refractivity contribution in [1.82, 2.24) is 0 Å². The lowest BCUT2D eigenvalue weighted by Gasteiger charge is -2.34. The Morgan fingerprint density at radius 2 is 2.04 bits per heavy atom. The lowest BCUT2D eigenvalue weighted by Crippen LogP contribution is -2.49. The number of allylic oxidation sites excluding steroid dienone is 3. The number of aliphatic hydroxyl groups is 1. The summed E-state index contributed by atoms with van der Waals surface area (Å²) in [6, 6.07) is 0. The number of carboxylic acid groups (broad SMARTS) is 1. The van der Waals surface area contributed by atoms with E-state index < -0.39 is 30.6 Å². The fourth-order valence-electron chi connectivity index (χ4n) is 3.00. The van der Waals surface area contributed by atoms with E-state index in [-0.39, 0.29) is 5.57 Å². The Hall–Kier alpha value is -1.62. The third kappa shape index (κ3) is 5.20. The minimum Gasteiger partial charge on any atom is -0.478 e. The number of carbonyl (C=O) groups is 2. The Morgan fingerprint density at radius 1 is 1.39 bits per heavy atom. The molecular formula is C18H28O5. The van der Waals surface area contributed by atoms with Gasteiger partial charge in [-0.15, -0.1) is 0 Å². The molecule has 1 rings (SSSR count). The van der Waals surface area contributed by atoms with E-state index in [9.17, 15) is 19.8 Å². The van der Waals surface area contributed by atoms with Crippen molar-refractivity contribution >= 4 is 11.9 Å². The standard InChI is InChI=1S/C18H28O5/c1-5-6-7-11(2)8-12(3)9-13(4)15(17(20)21)16-14(10-19)18(22)23-16/h9,11,14,16,19H,5-8,10H2,1-4H3,(H,20,21)/b12-9+,15-13+/t11-,14-,16-/m1/s1. The Morgan fingerprint density at radius 3 is 2.52 bits per heavy atom. The summed E-state index contributed by atoms with van der Waals surface area (Å²) in [7, 11) is 0. The van der Waals surface area contributed by atoms with Crippen LogP contribution in [0.3, 0.4) is 0 Å². The molecule has 1 saturated heterocycles. The first-order valence-electron chi connectivity index (χ1n) is 8.24. The van der Waals surface area contributed by atoms with Gasteiger partial charge in [0.2, 0.25) is 0 Å². The first-order chi connectivity index (χ1) is 10.8. The molecule has 1 fully saturated rings. The zero-order valence-corrected chi connectivity index (χ0v) is 14.5. The number of cyclic esters (lactones) is 1. The summed E-state index contributed by atoms with van der Waals surface area (Å²) in [4.78, 5) is 22.8. The topological polar surface area (TPSA) is 83.8 Å². The molecule has 23 heavy (non-hydrogen) atoms. The molecule has 0 aromatic carbocycles. The van der Waals surface area contributed by atoms with Crippen molar-refractivity contribution in [1.29, 1.82) is 0 Å². The van der Waals surface area contributed by atoms with Crippen LogP contribution in [0.5, 0.6) is 0 Å². The minimum atomic E-state index is -1.11. The Bertz CT molecular complexity index is 504. The Labute approximate surface area is 138 Å². The van der Waals surface area contributed by atoms with Crippen molar-refractivity contribution in [3.05, 3.63) is 22.8 Å². The molecule has 0 amide bonds. The van der Waals surface area contributed by atoms with Crippen LogP contribution in [-0.2, 0) is 14.3 Å². The highest BCUT2D eigenvalue weighted by molar-refractivity contribution is 5.93. The van der Waals surface area contributed by atoms with Gasteiger partial charge < -0.3 is 14.9 Å². The molecule has 5 nitrogen and oxygen atoms in total. The number of rotatable bonds is 9. The number of aliphatic hydroxyl groups excluding tert-OH is 1. The summed E-state index contributed by atoms with van der Waals surface area (Å²) in [6.45, 7) is 7.66. The predicted octanol–water partition coefficient (Wildman–Crippen LogP) is 3.08. The first-order valence-corrected chi connectivity index (χ1v) is 8.24. The maximum atomic E-state index is 11.5. The van der Waals surface area contributed by atoms with Crippen LogP contribution >= 0.6 is 0 Å². The molecule has 1 aliphatic rings. The summed E-state index contributed by atoms with van der Waals surface area (Å²) in [5, 5.41) is 18.6. The van der Waals surface area contributed by atoms with Gasteiger partial charge in [-0.2, -0.15) is 0 Å². The molecule has 0 bridgehead atoms. The molecule has 130 valence electrons. The van der Waals surface area contributed by atoms with Gasteiger partial charge in [0.1, 0.15) is 12.0 Å². The minimum absolute atomic E-state index is 0.0595. The van der Waals surface area contributed by atoms with Gasteiger partial charge in [-0.3, -0.25) is 4.79 Å². The Kier molecular flexibility index (Phi) is 7.49. The molecule has 5 heteroatoms. The van der Waals surface area contributed by atoms with E-state index in [1.807, 2.05) is 13.0 Å². The molecule has 0 spiro atoms. The quantitative estimate of drug-likeness (QED) is 0.387. The molecular weight excluding hydrogens is 296 g/mol. The Balaban J connectivity index is 2.88. The molecule has 1 aliphatic heterocycles. The lowest BCUT2D eigenvalue weighted by atomic mass is 9.87. The molecule has 0 aromatic rings. The van der Waals surface area contributed by atoms with Gasteiger partial charge in [0.05, 0.1) is 12.2 Å². The summed E-state index contributed by atoms with van der Waals surface area (Å²) in [5.74, 6) is -1.87.